The van der Waals surface area contributed by atoms with Gasteiger partial charge < -0.3 is 4.74 Å². The van der Waals surface area contributed by atoms with Gasteiger partial charge in [0, 0.05) is 6.08 Å². The van der Waals surface area contributed by atoms with E-state index in [-0.39, 0.29) is 12.1 Å². The van der Waals surface area contributed by atoms with E-state index in [2.05, 4.69) is 13.8 Å². The monoisotopic (exact) mass is 208 g/mol. The minimum Gasteiger partial charge on any atom is -0.459 e. The van der Waals surface area contributed by atoms with Crippen molar-refractivity contribution in [2.24, 2.45) is 11.3 Å². The summed E-state index contributed by atoms with van der Waals surface area (Å²) in [5, 5.41) is 0. The third kappa shape index (κ3) is 2.83. The minimum atomic E-state index is -0.149. The molecule has 0 amide bonds. The normalized spacial score (nSPS) is 29.6. The van der Waals surface area contributed by atoms with Gasteiger partial charge in [0.2, 0.25) is 0 Å². The lowest BCUT2D eigenvalue weighted by Gasteiger charge is -2.08. The van der Waals surface area contributed by atoms with Crippen molar-refractivity contribution in [2.75, 3.05) is 0 Å². The highest BCUT2D eigenvalue weighted by molar-refractivity contribution is 5.82. The lowest BCUT2D eigenvalue weighted by molar-refractivity contribution is -0.142. The van der Waals surface area contributed by atoms with Crippen molar-refractivity contribution in [2.45, 2.75) is 52.1 Å². The van der Waals surface area contributed by atoms with E-state index in [0.717, 1.165) is 12.8 Å². The number of hydrogen-bond donors (Lipinski definition) is 0. The molecule has 2 aliphatic carbocycles. The zero-order chi connectivity index (χ0) is 10.9. The van der Waals surface area contributed by atoms with Crippen molar-refractivity contribution < 1.29 is 9.53 Å². The maximum absolute atomic E-state index is 11.4. The van der Waals surface area contributed by atoms with E-state index in [4.69, 9.17) is 4.74 Å². The predicted molar refractivity (Wildman–Crippen MR) is 59.4 cm³/mol. The number of carbonyl (C=O) groups is 1. The summed E-state index contributed by atoms with van der Waals surface area (Å²) in [6, 6.07) is 0. The Hall–Kier alpha value is -0.790. The maximum atomic E-state index is 11.4. The van der Waals surface area contributed by atoms with Crippen LogP contribution >= 0.6 is 0 Å². The zero-order valence-corrected chi connectivity index (χ0v) is 9.66. The largest absolute Gasteiger partial charge is 0.459 e. The average Bonchev–Trinajstić information content (AvgIpc) is 2.62. The highest BCUT2D eigenvalue weighted by Crippen LogP contribution is 2.52. The fourth-order valence-electron chi connectivity index (χ4n) is 2.24. The fraction of sp³-hybridized carbons (Fsp3) is 0.769. The standard InChI is InChI=1S/C13H20O2/c1-13(2)9-10(13)7-8-12(14)15-11-5-3-4-6-11/h7-8,10-11H,3-6,9H2,1-2H3/b8-7-. The van der Waals surface area contributed by atoms with Crippen LogP contribution in [-0.4, -0.2) is 12.1 Å². The lowest BCUT2D eigenvalue weighted by atomic mass is 10.1. The van der Waals surface area contributed by atoms with Crippen molar-refractivity contribution in [1.82, 2.24) is 0 Å². The molecular weight excluding hydrogens is 188 g/mol. The van der Waals surface area contributed by atoms with E-state index in [1.165, 1.54) is 19.3 Å². The van der Waals surface area contributed by atoms with Gasteiger partial charge in [0.05, 0.1) is 0 Å². The number of carbonyl (C=O) groups excluding carboxylic acids is 1. The molecule has 0 aromatic rings. The van der Waals surface area contributed by atoms with Crippen LogP contribution < -0.4 is 0 Å². The van der Waals surface area contributed by atoms with Crippen molar-refractivity contribution >= 4 is 5.97 Å². The molecule has 84 valence electrons. The predicted octanol–water partition coefficient (Wildman–Crippen LogP) is 3.07. The van der Waals surface area contributed by atoms with Crippen LogP contribution in [0.4, 0.5) is 0 Å². The Kier molecular flexibility index (Phi) is 2.85. The second-order valence-corrected chi connectivity index (χ2v) is 5.50. The molecule has 1 atom stereocenters. The van der Waals surface area contributed by atoms with Crippen molar-refractivity contribution in [1.29, 1.82) is 0 Å². The average molecular weight is 208 g/mol. The molecule has 0 N–H and O–H groups in total. The van der Waals surface area contributed by atoms with Gasteiger partial charge in [-0.3, -0.25) is 0 Å². The van der Waals surface area contributed by atoms with E-state index < -0.39 is 0 Å². The van der Waals surface area contributed by atoms with Crippen LogP contribution in [0.3, 0.4) is 0 Å². The molecule has 0 aliphatic heterocycles. The van der Waals surface area contributed by atoms with E-state index in [1.807, 2.05) is 6.08 Å². The van der Waals surface area contributed by atoms with Crippen molar-refractivity contribution in [3.05, 3.63) is 12.2 Å². The summed E-state index contributed by atoms with van der Waals surface area (Å²) in [4.78, 5) is 11.4. The van der Waals surface area contributed by atoms with Crippen LogP contribution in [0.15, 0.2) is 12.2 Å². The van der Waals surface area contributed by atoms with Gasteiger partial charge in [-0.25, -0.2) is 4.79 Å². The molecule has 0 aromatic heterocycles. The fourth-order valence-corrected chi connectivity index (χ4v) is 2.24. The highest BCUT2D eigenvalue weighted by Gasteiger charge is 2.43. The number of hydrogen-bond acceptors (Lipinski definition) is 2. The first-order valence-electron chi connectivity index (χ1n) is 5.97. The molecule has 0 spiro atoms. The van der Waals surface area contributed by atoms with Gasteiger partial charge in [-0.1, -0.05) is 19.9 Å². The van der Waals surface area contributed by atoms with Gasteiger partial charge in [-0.05, 0) is 43.4 Å². The molecule has 0 bridgehead atoms. The molecule has 0 saturated heterocycles. The van der Waals surface area contributed by atoms with Crippen LogP contribution in [0.2, 0.25) is 0 Å². The zero-order valence-electron chi connectivity index (χ0n) is 9.66. The van der Waals surface area contributed by atoms with Gasteiger partial charge in [0.1, 0.15) is 6.10 Å². The molecule has 0 radical (unpaired) electrons. The first-order chi connectivity index (χ1) is 7.08. The second-order valence-electron chi connectivity index (χ2n) is 5.50. The molecule has 2 saturated carbocycles. The van der Waals surface area contributed by atoms with Gasteiger partial charge in [0.15, 0.2) is 0 Å². The van der Waals surface area contributed by atoms with Gasteiger partial charge in [0.25, 0.3) is 0 Å². The highest BCUT2D eigenvalue weighted by atomic mass is 16.5. The smallest absolute Gasteiger partial charge is 0.330 e. The van der Waals surface area contributed by atoms with Crippen LogP contribution in [0.25, 0.3) is 0 Å². The third-order valence-electron chi connectivity index (χ3n) is 3.64. The summed E-state index contributed by atoms with van der Waals surface area (Å²) in [6.07, 6.45) is 9.53. The Morgan fingerprint density at radius 1 is 1.33 bits per heavy atom. The summed E-state index contributed by atoms with van der Waals surface area (Å²) in [5.41, 5.74) is 0.407. The summed E-state index contributed by atoms with van der Waals surface area (Å²) >= 11 is 0. The first-order valence-corrected chi connectivity index (χ1v) is 5.97. The molecule has 2 rings (SSSR count). The molecule has 0 heterocycles. The third-order valence-corrected chi connectivity index (χ3v) is 3.64. The Labute approximate surface area is 91.7 Å². The SMILES string of the molecule is CC1(C)CC1/C=C\C(=O)OC1CCCC1. The number of allylic oxidation sites excluding steroid dienone is 1. The molecular formula is C13H20O2. The first kappa shape index (κ1) is 10.7. The van der Waals surface area contributed by atoms with Crippen LogP contribution in [0, 0.1) is 11.3 Å². The lowest BCUT2D eigenvalue weighted by Crippen LogP contribution is -2.12. The molecule has 2 fully saturated rings. The number of esters is 1. The van der Waals surface area contributed by atoms with Crippen LogP contribution in [-0.2, 0) is 9.53 Å². The maximum Gasteiger partial charge on any atom is 0.330 e. The molecule has 15 heavy (non-hydrogen) atoms. The molecule has 2 aliphatic rings. The number of rotatable bonds is 3. The Balaban J connectivity index is 1.72. The topological polar surface area (TPSA) is 26.3 Å². The summed E-state index contributed by atoms with van der Waals surface area (Å²) in [5.74, 6) is 0.429. The summed E-state index contributed by atoms with van der Waals surface area (Å²) in [7, 11) is 0. The summed E-state index contributed by atoms with van der Waals surface area (Å²) < 4.78 is 5.33. The van der Waals surface area contributed by atoms with Gasteiger partial charge >= 0.3 is 5.97 Å². The molecule has 2 heteroatoms. The van der Waals surface area contributed by atoms with Crippen LogP contribution in [0.5, 0.6) is 0 Å². The number of ether oxygens (including phenoxy) is 1. The van der Waals surface area contributed by atoms with Gasteiger partial charge in [-0.2, -0.15) is 0 Å². The summed E-state index contributed by atoms with van der Waals surface area (Å²) in [6.45, 7) is 4.45. The Morgan fingerprint density at radius 2 is 1.93 bits per heavy atom. The second kappa shape index (κ2) is 3.99. The Morgan fingerprint density at radius 3 is 2.47 bits per heavy atom. The van der Waals surface area contributed by atoms with E-state index >= 15 is 0 Å². The van der Waals surface area contributed by atoms with Gasteiger partial charge in [-0.15, -0.1) is 0 Å². The Bertz CT molecular complexity index is 272. The van der Waals surface area contributed by atoms with E-state index in [0.29, 0.717) is 11.3 Å². The molecule has 2 nitrogen and oxygen atoms in total. The van der Waals surface area contributed by atoms with Crippen molar-refractivity contribution in [3.8, 4) is 0 Å². The van der Waals surface area contributed by atoms with E-state index in [1.54, 1.807) is 6.08 Å². The van der Waals surface area contributed by atoms with Crippen LogP contribution in [0.1, 0.15) is 46.0 Å². The molecule has 1 unspecified atom stereocenters. The minimum absolute atomic E-state index is 0.149. The van der Waals surface area contributed by atoms with Crippen molar-refractivity contribution in [3.63, 3.8) is 0 Å². The van der Waals surface area contributed by atoms with E-state index in [9.17, 15) is 4.79 Å². The quantitative estimate of drug-likeness (QED) is 0.526. The molecule has 0 aromatic carbocycles.